The van der Waals surface area contributed by atoms with E-state index in [1.807, 2.05) is 19.9 Å². The maximum absolute atomic E-state index is 12.6. The van der Waals surface area contributed by atoms with Gasteiger partial charge in [-0.25, -0.2) is 0 Å². The zero-order chi connectivity index (χ0) is 16.8. The van der Waals surface area contributed by atoms with Crippen LogP contribution in [0.3, 0.4) is 0 Å². The van der Waals surface area contributed by atoms with E-state index in [1.54, 1.807) is 12.1 Å². The van der Waals surface area contributed by atoms with Gasteiger partial charge in [0.2, 0.25) is 11.8 Å². The minimum Gasteiger partial charge on any atom is -0.468 e. The number of ether oxygens (including phenoxy) is 1. The first-order valence-corrected chi connectivity index (χ1v) is 7.68. The fraction of sp³-hybridized carbons (Fsp3) is 0.471. The molecule has 1 aliphatic carbocycles. The van der Waals surface area contributed by atoms with Crippen molar-refractivity contribution in [1.82, 2.24) is 0 Å². The van der Waals surface area contributed by atoms with E-state index in [-0.39, 0.29) is 24.3 Å². The molecule has 1 heterocycles. The van der Waals surface area contributed by atoms with Gasteiger partial charge >= 0.3 is 5.97 Å². The van der Waals surface area contributed by atoms with Crippen LogP contribution in [0.15, 0.2) is 18.2 Å². The van der Waals surface area contributed by atoms with Crippen molar-refractivity contribution in [3.8, 4) is 0 Å². The molecule has 0 aromatic heterocycles. The molecule has 3 rings (SSSR count). The summed E-state index contributed by atoms with van der Waals surface area (Å²) >= 11 is 0. The number of methoxy groups -OCH3 is 1. The number of hydrogen-bond acceptors (Lipinski definition) is 4. The first-order valence-electron chi connectivity index (χ1n) is 7.68. The van der Waals surface area contributed by atoms with Crippen molar-refractivity contribution in [1.29, 1.82) is 0 Å². The summed E-state index contributed by atoms with van der Waals surface area (Å²) in [6.07, 6.45) is 1.88. The maximum Gasteiger partial charge on any atom is 0.325 e. The van der Waals surface area contributed by atoms with Gasteiger partial charge in [-0.15, -0.1) is 0 Å². The van der Waals surface area contributed by atoms with E-state index in [0.717, 1.165) is 18.4 Å². The van der Waals surface area contributed by atoms with Gasteiger partial charge in [0.15, 0.2) is 0 Å². The van der Waals surface area contributed by atoms with Crippen molar-refractivity contribution in [3.63, 3.8) is 0 Å². The quantitative estimate of drug-likeness (QED) is 0.860. The van der Waals surface area contributed by atoms with Gasteiger partial charge in [-0.05, 0) is 50.5 Å². The van der Waals surface area contributed by atoms with Crippen LogP contribution in [0.2, 0.25) is 0 Å². The third-order valence-corrected chi connectivity index (χ3v) is 4.47. The molecule has 0 atom stereocenters. The van der Waals surface area contributed by atoms with E-state index < -0.39 is 11.4 Å². The number of nitrogens with one attached hydrogen (secondary N) is 1. The molecule has 1 saturated carbocycles. The molecule has 6 nitrogen and oxygen atoms in total. The second-order valence-electron chi connectivity index (χ2n) is 6.59. The molecule has 0 unspecified atom stereocenters. The molecule has 1 aromatic rings. The lowest BCUT2D eigenvalue weighted by atomic mass is 9.86. The molecule has 23 heavy (non-hydrogen) atoms. The third-order valence-electron chi connectivity index (χ3n) is 4.47. The van der Waals surface area contributed by atoms with Gasteiger partial charge in [0.1, 0.15) is 6.54 Å². The molecule has 0 spiro atoms. The average molecular weight is 316 g/mol. The zero-order valence-electron chi connectivity index (χ0n) is 13.5. The SMILES string of the molecule is COC(=O)CN1C(=O)C(C)(C)c2cc(NC(=O)C3CC3)ccc21. The molecular formula is C17H20N2O4. The van der Waals surface area contributed by atoms with Gasteiger partial charge < -0.3 is 15.0 Å². The van der Waals surface area contributed by atoms with Gasteiger partial charge in [-0.2, -0.15) is 0 Å². The number of nitrogens with zero attached hydrogens (tertiary/aromatic N) is 1. The molecule has 0 radical (unpaired) electrons. The monoisotopic (exact) mass is 316 g/mol. The summed E-state index contributed by atoms with van der Waals surface area (Å²) in [6.45, 7) is 3.52. The van der Waals surface area contributed by atoms with Crippen molar-refractivity contribution >= 4 is 29.2 Å². The molecule has 2 aliphatic rings. The average Bonchev–Trinajstić information content (AvgIpc) is 3.34. The van der Waals surface area contributed by atoms with Crippen molar-refractivity contribution in [2.45, 2.75) is 32.1 Å². The Kier molecular flexibility index (Phi) is 3.62. The Balaban J connectivity index is 1.90. The predicted molar refractivity (Wildman–Crippen MR) is 85.2 cm³/mol. The van der Waals surface area contributed by atoms with Crippen LogP contribution in [-0.4, -0.2) is 31.4 Å². The Morgan fingerprint density at radius 2 is 2.04 bits per heavy atom. The minimum atomic E-state index is -0.746. The van der Waals surface area contributed by atoms with Crippen molar-refractivity contribution in [2.24, 2.45) is 5.92 Å². The number of hydrogen-bond donors (Lipinski definition) is 1. The molecule has 1 N–H and O–H groups in total. The molecule has 122 valence electrons. The molecule has 1 fully saturated rings. The largest absolute Gasteiger partial charge is 0.468 e. The Labute approximate surface area is 134 Å². The van der Waals surface area contributed by atoms with Gasteiger partial charge in [0, 0.05) is 17.3 Å². The lowest BCUT2D eigenvalue weighted by Gasteiger charge is -2.19. The van der Waals surface area contributed by atoms with Crippen LogP contribution in [0.4, 0.5) is 11.4 Å². The van der Waals surface area contributed by atoms with E-state index in [1.165, 1.54) is 12.0 Å². The Bertz CT molecular complexity index is 692. The number of esters is 1. The van der Waals surface area contributed by atoms with Crippen LogP contribution >= 0.6 is 0 Å². The molecule has 1 aromatic carbocycles. The highest BCUT2D eigenvalue weighted by molar-refractivity contribution is 6.10. The van der Waals surface area contributed by atoms with Crippen LogP contribution in [0.25, 0.3) is 0 Å². The van der Waals surface area contributed by atoms with Gasteiger partial charge in [0.25, 0.3) is 0 Å². The third kappa shape index (κ3) is 2.69. The number of benzene rings is 1. The number of anilines is 2. The summed E-state index contributed by atoms with van der Waals surface area (Å²) in [7, 11) is 1.30. The van der Waals surface area contributed by atoms with Crippen LogP contribution in [0.1, 0.15) is 32.3 Å². The molecule has 0 saturated heterocycles. The van der Waals surface area contributed by atoms with Gasteiger partial charge in [-0.1, -0.05) is 0 Å². The Morgan fingerprint density at radius 1 is 1.35 bits per heavy atom. The van der Waals surface area contributed by atoms with Crippen LogP contribution in [0, 0.1) is 5.92 Å². The highest BCUT2D eigenvalue weighted by atomic mass is 16.5. The van der Waals surface area contributed by atoms with E-state index in [4.69, 9.17) is 0 Å². The smallest absolute Gasteiger partial charge is 0.325 e. The van der Waals surface area contributed by atoms with Gasteiger partial charge in [-0.3, -0.25) is 14.4 Å². The van der Waals surface area contributed by atoms with Crippen LogP contribution < -0.4 is 10.2 Å². The Hall–Kier alpha value is -2.37. The number of fused-ring (bicyclic) bond motifs is 1. The first kappa shape index (κ1) is 15.5. The number of amides is 2. The summed E-state index contributed by atoms with van der Waals surface area (Å²) in [5, 5.41) is 2.89. The van der Waals surface area contributed by atoms with E-state index >= 15 is 0 Å². The first-order chi connectivity index (χ1) is 10.8. The Morgan fingerprint density at radius 3 is 2.65 bits per heavy atom. The highest BCUT2D eigenvalue weighted by Crippen LogP contribution is 2.43. The topological polar surface area (TPSA) is 75.7 Å². The van der Waals surface area contributed by atoms with E-state index in [0.29, 0.717) is 11.4 Å². The second kappa shape index (κ2) is 5.37. The predicted octanol–water partition coefficient (Wildman–Crippen LogP) is 1.83. The second-order valence-corrected chi connectivity index (χ2v) is 6.59. The number of carbonyl (C=O) groups excluding carboxylic acids is 3. The molecule has 0 bridgehead atoms. The number of carbonyl (C=O) groups is 3. The standard InChI is InChI=1S/C17H20N2O4/c1-17(2)12-8-11(18-15(21)10-4-5-10)6-7-13(12)19(16(17)22)9-14(20)23-3/h6-8,10H,4-5,9H2,1-3H3,(H,18,21). The maximum atomic E-state index is 12.6. The summed E-state index contributed by atoms with van der Waals surface area (Å²) in [6, 6.07) is 5.36. The lowest BCUT2D eigenvalue weighted by Crippen LogP contribution is -2.39. The summed E-state index contributed by atoms with van der Waals surface area (Å²) < 4.78 is 4.66. The van der Waals surface area contributed by atoms with Gasteiger partial charge in [0.05, 0.1) is 12.5 Å². The minimum absolute atomic E-state index is 0.0264. The van der Waals surface area contributed by atoms with E-state index in [9.17, 15) is 14.4 Å². The van der Waals surface area contributed by atoms with Crippen LogP contribution in [-0.2, 0) is 24.5 Å². The van der Waals surface area contributed by atoms with Crippen molar-refractivity contribution in [3.05, 3.63) is 23.8 Å². The lowest BCUT2D eigenvalue weighted by molar-refractivity contribution is -0.140. The molecule has 2 amide bonds. The summed E-state index contributed by atoms with van der Waals surface area (Å²) in [5.74, 6) is -0.469. The van der Waals surface area contributed by atoms with Crippen LogP contribution in [0.5, 0.6) is 0 Å². The fourth-order valence-electron chi connectivity index (χ4n) is 2.85. The molecule has 1 aliphatic heterocycles. The normalized spacial score (nSPS) is 18.6. The summed E-state index contributed by atoms with van der Waals surface area (Å²) in [5.41, 5.74) is 1.43. The van der Waals surface area contributed by atoms with E-state index in [2.05, 4.69) is 10.1 Å². The highest BCUT2D eigenvalue weighted by Gasteiger charge is 2.44. The van der Waals surface area contributed by atoms with Crippen molar-refractivity contribution in [2.75, 3.05) is 23.9 Å². The molecular weight excluding hydrogens is 296 g/mol. The summed E-state index contributed by atoms with van der Waals surface area (Å²) in [4.78, 5) is 37.5. The molecule has 6 heteroatoms. The fourth-order valence-corrected chi connectivity index (χ4v) is 2.85. The zero-order valence-corrected chi connectivity index (χ0v) is 13.5. The van der Waals surface area contributed by atoms with Crippen molar-refractivity contribution < 1.29 is 19.1 Å². The number of rotatable bonds is 4.